The van der Waals surface area contributed by atoms with Crippen LogP contribution >= 0.6 is 0 Å². The Morgan fingerprint density at radius 2 is 1.79 bits per heavy atom. The molecule has 0 saturated heterocycles. The fourth-order valence-corrected chi connectivity index (χ4v) is 8.19. The molecule has 5 aliphatic rings. The van der Waals surface area contributed by atoms with Crippen LogP contribution in [0.2, 0.25) is 0 Å². The van der Waals surface area contributed by atoms with E-state index in [-0.39, 0.29) is 22.7 Å². The van der Waals surface area contributed by atoms with E-state index in [9.17, 15) is 15.0 Å². The van der Waals surface area contributed by atoms with Gasteiger partial charge in [0, 0.05) is 11.8 Å². The molecule has 0 radical (unpaired) electrons. The highest BCUT2D eigenvalue weighted by molar-refractivity contribution is 5.90. The minimum Gasteiger partial charge on any atom is -0.389 e. The first-order valence-corrected chi connectivity index (χ1v) is 11.8. The lowest BCUT2D eigenvalue weighted by atomic mass is 9.45. The number of rotatable bonds is 1. The lowest BCUT2D eigenvalue weighted by molar-refractivity contribution is -0.181. The van der Waals surface area contributed by atoms with Crippen LogP contribution in [-0.4, -0.2) is 27.7 Å². The van der Waals surface area contributed by atoms with Crippen LogP contribution < -0.4 is 0 Å². The molecule has 5 aliphatic carbocycles. The molecule has 0 amide bonds. The Morgan fingerprint density at radius 1 is 0.966 bits per heavy atom. The van der Waals surface area contributed by atoms with Crippen molar-refractivity contribution in [3.63, 3.8) is 0 Å². The summed E-state index contributed by atoms with van der Waals surface area (Å²) in [6, 6.07) is 0. The molecule has 5 rings (SSSR count). The fourth-order valence-electron chi connectivity index (χ4n) is 8.19. The van der Waals surface area contributed by atoms with Crippen molar-refractivity contribution in [2.24, 2.45) is 28.6 Å². The summed E-state index contributed by atoms with van der Waals surface area (Å²) in [6.45, 7) is 4.74. The van der Waals surface area contributed by atoms with E-state index in [1.807, 2.05) is 0 Å². The Morgan fingerprint density at radius 3 is 2.62 bits per heavy atom. The van der Waals surface area contributed by atoms with Gasteiger partial charge in [-0.15, -0.1) is 0 Å². The van der Waals surface area contributed by atoms with Crippen molar-refractivity contribution in [3.05, 3.63) is 35.5 Å². The molecular formula is C26H36O3. The van der Waals surface area contributed by atoms with Crippen molar-refractivity contribution in [2.75, 3.05) is 0 Å². The van der Waals surface area contributed by atoms with E-state index in [1.165, 1.54) is 17.6 Å². The zero-order chi connectivity index (χ0) is 20.4. The summed E-state index contributed by atoms with van der Waals surface area (Å²) in [4.78, 5) is 11.9. The predicted octanol–water partition coefficient (Wildman–Crippen LogP) is 4.89. The van der Waals surface area contributed by atoms with Crippen LogP contribution in [0.15, 0.2) is 35.5 Å². The van der Waals surface area contributed by atoms with E-state index in [0.717, 1.165) is 51.4 Å². The molecule has 0 aromatic heterocycles. The maximum absolute atomic E-state index is 12.3. The number of carbonyl (C=O) groups excluding carboxylic acids is 1. The largest absolute Gasteiger partial charge is 0.389 e. The van der Waals surface area contributed by atoms with Gasteiger partial charge in [0.25, 0.3) is 0 Å². The van der Waals surface area contributed by atoms with E-state index >= 15 is 0 Å². The zero-order valence-electron chi connectivity index (χ0n) is 18.0. The first kappa shape index (κ1) is 19.8. The highest BCUT2D eigenvalue weighted by atomic mass is 16.3. The minimum absolute atomic E-state index is 0.108. The molecule has 2 N–H and O–H groups in total. The monoisotopic (exact) mass is 396 g/mol. The SMILES string of the molecule is C[C@]12CC[C@H](O)C=C1CCC1C2CC[C@]2(C)[C@@H](C3=CCCC(=O)C=C3)CC[C@]12O. The van der Waals surface area contributed by atoms with Crippen LogP contribution in [0.3, 0.4) is 0 Å². The highest BCUT2D eigenvalue weighted by Gasteiger charge is 2.66. The van der Waals surface area contributed by atoms with E-state index < -0.39 is 5.60 Å². The van der Waals surface area contributed by atoms with Gasteiger partial charge in [-0.2, -0.15) is 0 Å². The molecule has 29 heavy (non-hydrogen) atoms. The second kappa shape index (κ2) is 6.65. The molecule has 0 bridgehead atoms. The molecule has 7 atom stereocenters. The molecule has 0 aromatic carbocycles. The number of ketones is 1. The summed E-state index contributed by atoms with van der Waals surface area (Å²) in [5.74, 6) is 1.44. The number of hydrogen-bond acceptors (Lipinski definition) is 3. The van der Waals surface area contributed by atoms with Gasteiger partial charge >= 0.3 is 0 Å². The van der Waals surface area contributed by atoms with Crippen molar-refractivity contribution in [1.29, 1.82) is 0 Å². The zero-order valence-corrected chi connectivity index (χ0v) is 18.0. The van der Waals surface area contributed by atoms with Gasteiger partial charge < -0.3 is 10.2 Å². The summed E-state index contributed by atoms with van der Waals surface area (Å²) in [7, 11) is 0. The maximum Gasteiger partial charge on any atom is 0.156 e. The number of aliphatic hydroxyl groups is 2. The standard InChI is InChI=1S/C26H36O3/c1-24-13-10-20(28)16-18(24)7-9-23-22(24)11-14-25(2)21(12-15-26(23,25)29)17-4-3-5-19(27)8-6-17/h4,6,8,16,20-23,28-29H,3,5,7,9-15H2,1-2H3/t20-,21+,22?,23?,24-,25+,26-/m0/s1. The molecule has 0 spiro atoms. The third-order valence-electron chi connectivity index (χ3n) is 9.91. The van der Waals surface area contributed by atoms with Crippen molar-refractivity contribution in [1.82, 2.24) is 0 Å². The Kier molecular flexibility index (Phi) is 4.53. The van der Waals surface area contributed by atoms with Crippen molar-refractivity contribution < 1.29 is 15.0 Å². The highest BCUT2D eigenvalue weighted by Crippen LogP contribution is 2.69. The molecule has 0 aromatic rings. The van der Waals surface area contributed by atoms with Crippen LogP contribution in [0.25, 0.3) is 0 Å². The maximum atomic E-state index is 12.3. The van der Waals surface area contributed by atoms with Crippen LogP contribution in [0.5, 0.6) is 0 Å². The molecule has 3 fully saturated rings. The topological polar surface area (TPSA) is 57.5 Å². The molecule has 158 valence electrons. The van der Waals surface area contributed by atoms with Gasteiger partial charge in [-0.1, -0.05) is 37.6 Å². The first-order valence-electron chi connectivity index (χ1n) is 11.8. The normalized spacial score (nSPS) is 49.4. The lowest BCUT2D eigenvalue weighted by Crippen LogP contribution is -2.60. The summed E-state index contributed by atoms with van der Waals surface area (Å²) in [5.41, 5.74) is 2.16. The van der Waals surface area contributed by atoms with E-state index in [4.69, 9.17) is 0 Å². The first-order chi connectivity index (χ1) is 13.8. The Labute approximate surface area is 175 Å². The van der Waals surface area contributed by atoms with Gasteiger partial charge in [-0.3, -0.25) is 4.79 Å². The molecule has 3 nitrogen and oxygen atoms in total. The second-order valence-corrected chi connectivity index (χ2v) is 11.0. The van der Waals surface area contributed by atoms with Crippen LogP contribution in [0.1, 0.15) is 78.1 Å². The second-order valence-electron chi connectivity index (χ2n) is 11.0. The van der Waals surface area contributed by atoms with Crippen molar-refractivity contribution >= 4 is 5.78 Å². The van der Waals surface area contributed by atoms with Crippen molar-refractivity contribution in [2.45, 2.75) is 89.8 Å². The Bertz CT molecular complexity index is 807. The smallest absolute Gasteiger partial charge is 0.156 e. The molecule has 0 aliphatic heterocycles. The summed E-state index contributed by atoms with van der Waals surface area (Å²) < 4.78 is 0. The Hall–Kier alpha value is -1.19. The van der Waals surface area contributed by atoms with Crippen LogP contribution in [0, 0.1) is 28.6 Å². The van der Waals surface area contributed by atoms with E-state index in [0.29, 0.717) is 24.2 Å². The molecule has 3 saturated carbocycles. The predicted molar refractivity (Wildman–Crippen MR) is 114 cm³/mol. The minimum atomic E-state index is -0.615. The van der Waals surface area contributed by atoms with Gasteiger partial charge in [-0.25, -0.2) is 0 Å². The summed E-state index contributed by atoms with van der Waals surface area (Å²) in [5, 5.41) is 22.4. The third-order valence-corrected chi connectivity index (χ3v) is 9.91. The average Bonchev–Trinajstić information content (AvgIpc) is 2.81. The van der Waals surface area contributed by atoms with E-state index in [2.05, 4.69) is 32.1 Å². The van der Waals surface area contributed by atoms with Gasteiger partial charge in [0.1, 0.15) is 0 Å². The number of carbonyl (C=O) groups is 1. The molecule has 3 heteroatoms. The number of fused-ring (bicyclic) bond motifs is 5. The van der Waals surface area contributed by atoms with Crippen molar-refractivity contribution in [3.8, 4) is 0 Å². The van der Waals surface area contributed by atoms with Crippen LogP contribution in [-0.2, 0) is 4.79 Å². The number of aliphatic hydroxyl groups excluding tert-OH is 1. The molecule has 0 heterocycles. The lowest BCUT2D eigenvalue weighted by Gasteiger charge is -2.62. The van der Waals surface area contributed by atoms with Gasteiger partial charge in [0.05, 0.1) is 11.7 Å². The van der Waals surface area contributed by atoms with E-state index in [1.54, 1.807) is 6.08 Å². The van der Waals surface area contributed by atoms with Gasteiger partial charge in [-0.05, 0) is 92.6 Å². The quantitative estimate of drug-likeness (QED) is 0.621. The molecular weight excluding hydrogens is 360 g/mol. The third kappa shape index (κ3) is 2.73. The van der Waals surface area contributed by atoms with Crippen LogP contribution in [0.4, 0.5) is 0 Å². The van der Waals surface area contributed by atoms with Gasteiger partial charge in [0.15, 0.2) is 5.78 Å². The number of hydrogen-bond donors (Lipinski definition) is 2. The molecule has 2 unspecified atom stereocenters. The Balaban J connectivity index is 1.48. The number of allylic oxidation sites excluding steroid dienone is 5. The summed E-state index contributed by atoms with van der Waals surface area (Å²) in [6.07, 6.45) is 17.5. The average molecular weight is 397 g/mol. The summed E-state index contributed by atoms with van der Waals surface area (Å²) >= 11 is 0. The van der Waals surface area contributed by atoms with Gasteiger partial charge in [0.2, 0.25) is 0 Å². The fraction of sp³-hybridized carbons (Fsp3) is 0.731.